The Balaban J connectivity index is 2.09. The number of nitrogens with two attached hydrogens (primary N) is 1. The van der Waals surface area contributed by atoms with Gasteiger partial charge in [0.2, 0.25) is 0 Å². The molecule has 26 heavy (non-hydrogen) atoms. The summed E-state index contributed by atoms with van der Waals surface area (Å²) in [6, 6.07) is 12.1. The molecule has 0 spiro atoms. The lowest BCUT2D eigenvalue weighted by Gasteiger charge is -2.19. The standard InChI is InChI=1S/C20H25N3O3/c1-12(2)17-9-8-13(3)10-18(17)26-14(4)19(24)22-15-6-5-7-16(11-15)23-20(21)25/h5-12,14H,1-4H3,(H,22,24)(H3,21,23,25). The fourth-order valence-corrected chi connectivity index (χ4v) is 2.53. The minimum Gasteiger partial charge on any atom is -0.481 e. The molecular formula is C20H25N3O3. The molecule has 3 amide bonds. The maximum absolute atomic E-state index is 12.5. The summed E-state index contributed by atoms with van der Waals surface area (Å²) in [7, 11) is 0. The average Bonchev–Trinajstić information content (AvgIpc) is 2.54. The fraction of sp³-hybridized carbons (Fsp3) is 0.300. The number of anilines is 2. The van der Waals surface area contributed by atoms with Crippen LogP contribution in [0.3, 0.4) is 0 Å². The molecule has 0 saturated carbocycles. The molecule has 0 aliphatic rings. The van der Waals surface area contributed by atoms with Crippen LogP contribution in [0.25, 0.3) is 0 Å². The summed E-state index contributed by atoms with van der Waals surface area (Å²) in [5, 5.41) is 5.25. The number of primary amides is 1. The minimum absolute atomic E-state index is 0.280. The van der Waals surface area contributed by atoms with Crippen molar-refractivity contribution >= 4 is 23.3 Å². The normalized spacial score (nSPS) is 11.7. The van der Waals surface area contributed by atoms with Gasteiger partial charge in [-0.1, -0.05) is 32.0 Å². The van der Waals surface area contributed by atoms with Crippen LogP contribution in [0.4, 0.5) is 16.2 Å². The van der Waals surface area contributed by atoms with Gasteiger partial charge in [0, 0.05) is 11.4 Å². The molecule has 0 fully saturated rings. The number of hydrogen-bond donors (Lipinski definition) is 3. The Kier molecular flexibility index (Phi) is 6.22. The van der Waals surface area contributed by atoms with Crippen molar-refractivity contribution in [3.05, 3.63) is 53.6 Å². The highest BCUT2D eigenvalue weighted by Crippen LogP contribution is 2.28. The molecule has 4 N–H and O–H groups in total. The average molecular weight is 355 g/mol. The molecule has 0 aromatic heterocycles. The number of urea groups is 1. The predicted molar refractivity (Wildman–Crippen MR) is 104 cm³/mol. The second-order valence-electron chi connectivity index (χ2n) is 6.52. The maximum Gasteiger partial charge on any atom is 0.316 e. The van der Waals surface area contributed by atoms with Crippen LogP contribution in [0.2, 0.25) is 0 Å². The third kappa shape index (κ3) is 5.24. The number of carbonyl (C=O) groups is 2. The highest BCUT2D eigenvalue weighted by molar-refractivity contribution is 5.95. The Bertz CT molecular complexity index is 803. The van der Waals surface area contributed by atoms with E-state index in [4.69, 9.17) is 10.5 Å². The van der Waals surface area contributed by atoms with Crippen molar-refractivity contribution in [2.75, 3.05) is 10.6 Å². The Morgan fingerprint density at radius 2 is 1.65 bits per heavy atom. The number of aryl methyl sites for hydroxylation is 1. The van der Waals surface area contributed by atoms with E-state index in [1.54, 1.807) is 31.2 Å². The van der Waals surface area contributed by atoms with Crippen LogP contribution in [0.1, 0.15) is 37.8 Å². The van der Waals surface area contributed by atoms with Crippen LogP contribution < -0.4 is 21.1 Å². The van der Waals surface area contributed by atoms with Crippen molar-refractivity contribution in [2.45, 2.75) is 39.7 Å². The van der Waals surface area contributed by atoms with Gasteiger partial charge in [-0.3, -0.25) is 4.79 Å². The third-order valence-electron chi connectivity index (χ3n) is 3.86. The Labute approximate surface area is 153 Å². The molecule has 0 radical (unpaired) electrons. The number of hydrogen-bond acceptors (Lipinski definition) is 3. The molecule has 0 saturated heterocycles. The number of ether oxygens (including phenoxy) is 1. The molecule has 0 bridgehead atoms. The molecule has 0 aliphatic heterocycles. The van der Waals surface area contributed by atoms with Crippen molar-refractivity contribution in [3.8, 4) is 5.75 Å². The van der Waals surface area contributed by atoms with Crippen LogP contribution >= 0.6 is 0 Å². The van der Waals surface area contributed by atoms with E-state index in [1.807, 2.05) is 25.1 Å². The largest absolute Gasteiger partial charge is 0.481 e. The zero-order valence-electron chi connectivity index (χ0n) is 15.5. The van der Waals surface area contributed by atoms with E-state index in [0.717, 1.165) is 11.1 Å². The fourth-order valence-electron chi connectivity index (χ4n) is 2.53. The van der Waals surface area contributed by atoms with Gasteiger partial charge in [0.15, 0.2) is 6.10 Å². The van der Waals surface area contributed by atoms with Crippen molar-refractivity contribution in [1.82, 2.24) is 0 Å². The van der Waals surface area contributed by atoms with Gasteiger partial charge >= 0.3 is 6.03 Å². The molecule has 2 aromatic rings. The minimum atomic E-state index is -0.679. The van der Waals surface area contributed by atoms with Gasteiger partial charge in [-0.2, -0.15) is 0 Å². The molecule has 138 valence electrons. The Hall–Kier alpha value is -3.02. The number of rotatable bonds is 6. The van der Waals surface area contributed by atoms with Crippen molar-refractivity contribution in [1.29, 1.82) is 0 Å². The molecule has 1 unspecified atom stereocenters. The molecule has 2 aromatic carbocycles. The highest BCUT2D eigenvalue weighted by Gasteiger charge is 2.18. The first-order chi connectivity index (χ1) is 12.3. The van der Waals surface area contributed by atoms with Gasteiger partial charge in [-0.15, -0.1) is 0 Å². The first kappa shape index (κ1) is 19.3. The summed E-state index contributed by atoms with van der Waals surface area (Å²) in [4.78, 5) is 23.4. The maximum atomic E-state index is 12.5. The molecular weight excluding hydrogens is 330 g/mol. The van der Waals surface area contributed by atoms with E-state index >= 15 is 0 Å². The van der Waals surface area contributed by atoms with Gasteiger partial charge in [-0.25, -0.2) is 4.79 Å². The second-order valence-corrected chi connectivity index (χ2v) is 6.52. The quantitative estimate of drug-likeness (QED) is 0.730. The first-order valence-corrected chi connectivity index (χ1v) is 8.51. The number of amides is 3. The van der Waals surface area contributed by atoms with Gasteiger partial charge in [0.05, 0.1) is 0 Å². The zero-order chi connectivity index (χ0) is 19.3. The van der Waals surface area contributed by atoms with E-state index < -0.39 is 12.1 Å². The van der Waals surface area contributed by atoms with Crippen LogP contribution in [0.5, 0.6) is 5.75 Å². The highest BCUT2D eigenvalue weighted by atomic mass is 16.5. The summed E-state index contributed by atoms with van der Waals surface area (Å²) in [6.45, 7) is 7.85. The van der Waals surface area contributed by atoms with E-state index in [2.05, 4.69) is 24.5 Å². The summed E-state index contributed by atoms with van der Waals surface area (Å²) in [5.41, 5.74) is 8.28. The lowest BCUT2D eigenvalue weighted by molar-refractivity contribution is -0.122. The van der Waals surface area contributed by atoms with Crippen molar-refractivity contribution < 1.29 is 14.3 Å². The smallest absolute Gasteiger partial charge is 0.316 e. The van der Waals surface area contributed by atoms with Gasteiger partial charge < -0.3 is 21.1 Å². The SMILES string of the molecule is Cc1ccc(C(C)C)c(OC(C)C(=O)Nc2cccc(NC(N)=O)c2)c1. The first-order valence-electron chi connectivity index (χ1n) is 8.51. The van der Waals surface area contributed by atoms with E-state index in [9.17, 15) is 9.59 Å². The van der Waals surface area contributed by atoms with Crippen molar-refractivity contribution in [3.63, 3.8) is 0 Å². The monoisotopic (exact) mass is 355 g/mol. The molecule has 2 rings (SSSR count). The van der Waals surface area contributed by atoms with Gasteiger partial charge in [0.1, 0.15) is 5.75 Å². The van der Waals surface area contributed by atoms with Gasteiger partial charge in [-0.05, 0) is 55.2 Å². The van der Waals surface area contributed by atoms with Crippen LogP contribution in [0, 0.1) is 6.92 Å². The van der Waals surface area contributed by atoms with Crippen LogP contribution in [-0.2, 0) is 4.79 Å². The molecule has 6 nitrogen and oxygen atoms in total. The Morgan fingerprint density at radius 3 is 2.27 bits per heavy atom. The summed E-state index contributed by atoms with van der Waals surface area (Å²) in [5.74, 6) is 0.724. The molecule has 0 aliphatic carbocycles. The third-order valence-corrected chi connectivity index (χ3v) is 3.86. The zero-order valence-corrected chi connectivity index (χ0v) is 15.5. The summed E-state index contributed by atoms with van der Waals surface area (Å²) in [6.07, 6.45) is -0.679. The molecule has 0 heterocycles. The second kappa shape index (κ2) is 8.38. The topological polar surface area (TPSA) is 93.4 Å². The van der Waals surface area contributed by atoms with Gasteiger partial charge in [0.25, 0.3) is 5.91 Å². The Morgan fingerprint density at radius 1 is 1.00 bits per heavy atom. The van der Waals surface area contributed by atoms with Crippen LogP contribution in [0.15, 0.2) is 42.5 Å². The number of carbonyl (C=O) groups excluding carboxylic acids is 2. The van der Waals surface area contributed by atoms with E-state index in [-0.39, 0.29) is 11.8 Å². The van der Waals surface area contributed by atoms with E-state index in [1.165, 1.54) is 0 Å². The lowest BCUT2D eigenvalue weighted by Crippen LogP contribution is -2.30. The number of benzene rings is 2. The number of nitrogens with one attached hydrogen (secondary N) is 2. The summed E-state index contributed by atoms with van der Waals surface area (Å²) >= 11 is 0. The molecule has 6 heteroatoms. The van der Waals surface area contributed by atoms with Crippen molar-refractivity contribution in [2.24, 2.45) is 5.73 Å². The van der Waals surface area contributed by atoms with Crippen LogP contribution in [-0.4, -0.2) is 18.0 Å². The van der Waals surface area contributed by atoms with E-state index in [0.29, 0.717) is 17.1 Å². The summed E-state index contributed by atoms with van der Waals surface area (Å²) < 4.78 is 5.91. The molecule has 1 atom stereocenters. The predicted octanol–water partition coefficient (Wildman–Crippen LogP) is 4.02. The lowest BCUT2D eigenvalue weighted by atomic mass is 10.0.